The molecule has 0 aromatic heterocycles. The second-order valence-corrected chi connectivity index (χ2v) is 4.79. The molecule has 0 amide bonds. The lowest BCUT2D eigenvalue weighted by molar-refractivity contribution is 0.298. The van der Waals surface area contributed by atoms with Gasteiger partial charge in [-0.2, -0.15) is 0 Å². The molecule has 5 heteroatoms. The topological polar surface area (TPSA) is 21.3 Å². The zero-order valence-electron chi connectivity index (χ0n) is 10.9. The molecule has 0 aliphatic heterocycles. The van der Waals surface area contributed by atoms with Crippen LogP contribution in [0.15, 0.2) is 36.4 Å². The number of hydrogen-bond donors (Lipinski definition) is 1. The molecule has 0 aliphatic carbocycles. The lowest BCUT2D eigenvalue weighted by Crippen LogP contribution is -2.06. The van der Waals surface area contributed by atoms with Crippen LogP contribution in [0.25, 0.3) is 0 Å². The van der Waals surface area contributed by atoms with Gasteiger partial charge in [0.25, 0.3) is 0 Å². The van der Waals surface area contributed by atoms with Crippen molar-refractivity contribution in [3.05, 3.63) is 64.2 Å². The smallest absolute Gasteiger partial charge is 0.129 e. The third-order valence-electron chi connectivity index (χ3n) is 2.71. The molecule has 2 aromatic carbocycles. The molecular weight excluding hydrogens is 284 g/mol. The maximum Gasteiger partial charge on any atom is 0.129 e. The molecule has 0 atom stereocenters. The molecule has 0 unspecified atom stereocenters. The van der Waals surface area contributed by atoms with Gasteiger partial charge in [-0.25, -0.2) is 8.78 Å². The molecule has 0 fully saturated rings. The maximum absolute atomic E-state index is 13.5. The molecule has 0 saturated heterocycles. The summed E-state index contributed by atoms with van der Waals surface area (Å²) in [6.45, 7) is 0.522. The van der Waals surface area contributed by atoms with Gasteiger partial charge in [0.1, 0.15) is 24.0 Å². The van der Waals surface area contributed by atoms with Crippen molar-refractivity contribution in [3.8, 4) is 5.75 Å². The summed E-state index contributed by atoms with van der Waals surface area (Å²) in [5.41, 5.74) is 1.09. The van der Waals surface area contributed by atoms with E-state index in [4.69, 9.17) is 16.3 Å². The van der Waals surface area contributed by atoms with Gasteiger partial charge in [0.2, 0.25) is 0 Å². The van der Waals surface area contributed by atoms with E-state index in [0.717, 1.165) is 5.56 Å². The molecule has 0 spiro atoms. The SMILES string of the molecule is CNCc1cc(F)cc(OCc2cc(Cl)ccc2F)c1. The Kier molecular flexibility index (Phi) is 4.93. The fraction of sp³-hybridized carbons (Fsp3) is 0.200. The number of rotatable bonds is 5. The lowest BCUT2D eigenvalue weighted by Gasteiger charge is -2.09. The van der Waals surface area contributed by atoms with Gasteiger partial charge in [-0.15, -0.1) is 0 Å². The van der Waals surface area contributed by atoms with E-state index >= 15 is 0 Å². The lowest BCUT2D eigenvalue weighted by atomic mass is 10.2. The Hall–Kier alpha value is -1.65. The van der Waals surface area contributed by atoms with Gasteiger partial charge in [-0.3, -0.25) is 0 Å². The number of nitrogens with one attached hydrogen (secondary N) is 1. The van der Waals surface area contributed by atoms with Crippen LogP contribution in [0.4, 0.5) is 8.78 Å². The average Bonchev–Trinajstić information content (AvgIpc) is 2.40. The Labute approximate surface area is 121 Å². The van der Waals surface area contributed by atoms with E-state index in [1.54, 1.807) is 13.1 Å². The molecule has 2 aromatic rings. The monoisotopic (exact) mass is 297 g/mol. The maximum atomic E-state index is 13.5. The van der Waals surface area contributed by atoms with E-state index in [9.17, 15) is 8.78 Å². The first-order chi connectivity index (χ1) is 9.58. The predicted octanol–water partition coefficient (Wildman–Crippen LogP) is 3.92. The molecule has 0 bridgehead atoms. The van der Waals surface area contributed by atoms with Crippen LogP contribution < -0.4 is 10.1 Å². The van der Waals surface area contributed by atoms with Crippen LogP contribution in [0, 0.1) is 11.6 Å². The number of halogens is 3. The van der Waals surface area contributed by atoms with E-state index in [1.807, 2.05) is 0 Å². The molecule has 1 N–H and O–H groups in total. The van der Waals surface area contributed by atoms with E-state index in [0.29, 0.717) is 22.9 Å². The standard InChI is InChI=1S/C15H14ClF2NO/c1-19-8-10-4-13(17)7-14(5-10)20-9-11-6-12(16)2-3-15(11)18/h2-7,19H,8-9H2,1H3. The summed E-state index contributed by atoms with van der Waals surface area (Å²) < 4.78 is 32.4. The van der Waals surface area contributed by atoms with Crippen molar-refractivity contribution in [1.82, 2.24) is 5.32 Å². The summed E-state index contributed by atoms with van der Waals surface area (Å²) in [5, 5.41) is 3.36. The Morgan fingerprint density at radius 2 is 1.95 bits per heavy atom. The Balaban J connectivity index is 2.12. The van der Waals surface area contributed by atoms with Gasteiger partial charge in [0.15, 0.2) is 0 Å². The summed E-state index contributed by atoms with van der Waals surface area (Å²) in [6, 6.07) is 8.63. The fourth-order valence-corrected chi connectivity index (χ4v) is 2.02. The first kappa shape index (κ1) is 14.8. The van der Waals surface area contributed by atoms with Crippen LogP contribution in [0.2, 0.25) is 5.02 Å². The van der Waals surface area contributed by atoms with Crippen LogP contribution in [-0.2, 0) is 13.2 Å². The van der Waals surface area contributed by atoms with Crippen molar-refractivity contribution in [2.75, 3.05) is 7.05 Å². The molecule has 0 radical (unpaired) electrons. The molecule has 0 heterocycles. The Morgan fingerprint density at radius 3 is 2.70 bits per heavy atom. The highest BCUT2D eigenvalue weighted by molar-refractivity contribution is 6.30. The number of ether oxygens (including phenoxy) is 1. The van der Waals surface area contributed by atoms with Crippen LogP contribution in [-0.4, -0.2) is 7.05 Å². The molecule has 20 heavy (non-hydrogen) atoms. The summed E-state index contributed by atoms with van der Waals surface area (Å²) in [6.07, 6.45) is 0. The zero-order chi connectivity index (χ0) is 14.5. The minimum atomic E-state index is -0.402. The highest BCUT2D eigenvalue weighted by Gasteiger charge is 2.06. The molecule has 2 rings (SSSR count). The van der Waals surface area contributed by atoms with E-state index in [1.165, 1.54) is 30.3 Å². The summed E-state index contributed by atoms with van der Waals surface area (Å²) >= 11 is 5.80. The van der Waals surface area contributed by atoms with Crippen molar-refractivity contribution in [3.63, 3.8) is 0 Å². The fourth-order valence-electron chi connectivity index (χ4n) is 1.83. The van der Waals surface area contributed by atoms with Crippen molar-refractivity contribution in [2.45, 2.75) is 13.2 Å². The van der Waals surface area contributed by atoms with E-state index in [-0.39, 0.29) is 12.4 Å². The first-order valence-corrected chi connectivity index (χ1v) is 6.47. The minimum Gasteiger partial charge on any atom is -0.489 e. The number of benzene rings is 2. The second-order valence-electron chi connectivity index (χ2n) is 4.35. The van der Waals surface area contributed by atoms with Crippen LogP contribution in [0.1, 0.15) is 11.1 Å². The van der Waals surface area contributed by atoms with E-state index in [2.05, 4.69) is 5.32 Å². The van der Waals surface area contributed by atoms with Crippen molar-refractivity contribution >= 4 is 11.6 Å². The third kappa shape index (κ3) is 3.92. The molecular formula is C15H14ClF2NO. The molecule has 2 nitrogen and oxygen atoms in total. The molecule has 0 saturated carbocycles. The van der Waals surface area contributed by atoms with Crippen LogP contribution in [0.3, 0.4) is 0 Å². The first-order valence-electron chi connectivity index (χ1n) is 6.09. The van der Waals surface area contributed by atoms with Crippen LogP contribution in [0.5, 0.6) is 5.75 Å². The third-order valence-corrected chi connectivity index (χ3v) is 2.95. The summed E-state index contributed by atoms with van der Waals surface area (Å²) in [5.74, 6) is -0.435. The van der Waals surface area contributed by atoms with Gasteiger partial charge in [-0.05, 0) is 42.9 Å². The Morgan fingerprint density at radius 1 is 1.15 bits per heavy atom. The second kappa shape index (κ2) is 6.68. The van der Waals surface area contributed by atoms with Gasteiger partial charge in [-0.1, -0.05) is 11.6 Å². The highest BCUT2D eigenvalue weighted by Crippen LogP contribution is 2.20. The van der Waals surface area contributed by atoms with Crippen molar-refractivity contribution < 1.29 is 13.5 Å². The average molecular weight is 298 g/mol. The van der Waals surface area contributed by atoms with Gasteiger partial charge < -0.3 is 10.1 Å². The quantitative estimate of drug-likeness (QED) is 0.903. The minimum absolute atomic E-state index is 0.00512. The molecule has 0 aliphatic rings. The van der Waals surface area contributed by atoms with Gasteiger partial charge >= 0.3 is 0 Å². The van der Waals surface area contributed by atoms with Crippen LogP contribution >= 0.6 is 11.6 Å². The van der Waals surface area contributed by atoms with Crippen molar-refractivity contribution in [2.24, 2.45) is 0 Å². The van der Waals surface area contributed by atoms with E-state index < -0.39 is 5.82 Å². The largest absolute Gasteiger partial charge is 0.489 e. The van der Waals surface area contributed by atoms with Crippen molar-refractivity contribution in [1.29, 1.82) is 0 Å². The Bertz CT molecular complexity index is 604. The summed E-state index contributed by atoms with van der Waals surface area (Å²) in [7, 11) is 1.77. The normalized spacial score (nSPS) is 10.6. The van der Waals surface area contributed by atoms with Gasteiger partial charge in [0.05, 0.1) is 0 Å². The molecule has 106 valence electrons. The number of hydrogen-bond acceptors (Lipinski definition) is 2. The summed E-state index contributed by atoms with van der Waals surface area (Å²) in [4.78, 5) is 0. The highest BCUT2D eigenvalue weighted by atomic mass is 35.5. The zero-order valence-corrected chi connectivity index (χ0v) is 11.7. The van der Waals surface area contributed by atoms with Gasteiger partial charge in [0, 0.05) is 23.2 Å². The predicted molar refractivity (Wildman–Crippen MR) is 74.9 cm³/mol.